The standard InChI is InChI=1S/C16H17BrN2S/c1-2-5-11-6-3-4-7-14(11)19-15-10-12(17)8-9-13(15)16(18)20/h3-4,6-10,19H,2,5H2,1H3,(H2,18,20). The summed E-state index contributed by atoms with van der Waals surface area (Å²) in [5.41, 5.74) is 9.97. The highest BCUT2D eigenvalue weighted by Gasteiger charge is 2.08. The lowest BCUT2D eigenvalue weighted by atomic mass is 10.1. The molecule has 3 N–H and O–H groups in total. The summed E-state index contributed by atoms with van der Waals surface area (Å²) in [6, 6.07) is 14.2. The van der Waals surface area contributed by atoms with E-state index in [1.54, 1.807) is 0 Å². The van der Waals surface area contributed by atoms with Crippen LogP contribution in [0.3, 0.4) is 0 Å². The van der Waals surface area contributed by atoms with Gasteiger partial charge in [0.25, 0.3) is 0 Å². The summed E-state index contributed by atoms with van der Waals surface area (Å²) in [5.74, 6) is 0. The molecule has 0 saturated heterocycles. The Morgan fingerprint density at radius 1 is 1.20 bits per heavy atom. The third-order valence-corrected chi connectivity index (χ3v) is 3.77. The number of anilines is 2. The largest absolute Gasteiger partial charge is 0.389 e. The van der Waals surface area contributed by atoms with Gasteiger partial charge in [-0.1, -0.05) is 59.7 Å². The monoisotopic (exact) mass is 348 g/mol. The second-order valence-electron chi connectivity index (χ2n) is 4.59. The molecule has 2 rings (SSSR count). The fourth-order valence-corrected chi connectivity index (χ4v) is 2.65. The van der Waals surface area contributed by atoms with Gasteiger partial charge in [-0.3, -0.25) is 0 Å². The number of nitrogens with two attached hydrogens (primary N) is 1. The summed E-state index contributed by atoms with van der Waals surface area (Å²) in [7, 11) is 0. The molecule has 0 spiro atoms. The molecule has 0 amide bonds. The summed E-state index contributed by atoms with van der Waals surface area (Å²) >= 11 is 8.60. The van der Waals surface area contributed by atoms with Crippen LogP contribution in [0.4, 0.5) is 11.4 Å². The normalized spacial score (nSPS) is 10.3. The number of halogens is 1. The van der Waals surface area contributed by atoms with Gasteiger partial charge in [0, 0.05) is 21.4 Å². The average Bonchev–Trinajstić information content (AvgIpc) is 2.41. The Morgan fingerprint density at radius 2 is 1.95 bits per heavy atom. The Bertz CT molecular complexity index is 626. The van der Waals surface area contributed by atoms with E-state index < -0.39 is 0 Å². The molecule has 104 valence electrons. The first-order chi connectivity index (χ1) is 9.61. The number of rotatable bonds is 5. The molecule has 0 unspecified atom stereocenters. The highest BCUT2D eigenvalue weighted by Crippen LogP contribution is 2.27. The Morgan fingerprint density at radius 3 is 2.65 bits per heavy atom. The van der Waals surface area contributed by atoms with E-state index in [1.165, 1.54) is 5.56 Å². The zero-order valence-corrected chi connectivity index (χ0v) is 13.7. The third kappa shape index (κ3) is 3.58. The fourth-order valence-electron chi connectivity index (χ4n) is 2.11. The molecule has 2 aromatic rings. The van der Waals surface area contributed by atoms with E-state index in [4.69, 9.17) is 18.0 Å². The summed E-state index contributed by atoms with van der Waals surface area (Å²) in [6.07, 6.45) is 2.15. The topological polar surface area (TPSA) is 38.0 Å². The minimum Gasteiger partial charge on any atom is -0.389 e. The molecule has 4 heteroatoms. The molecule has 0 atom stereocenters. The minimum absolute atomic E-state index is 0.396. The van der Waals surface area contributed by atoms with Crippen molar-refractivity contribution in [1.29, 1.82) is 0 Å². The summed E-state index contributed by atoms with van der Waals surface area (Å²) in [5, 5.41) is 3.45. The number of para-hydroxylation sites is 1. The predicted octanol–water partition coefficient (Wildman–Crippen LogP) is 4.78. The van der Waals surface area contributed by atoms with Crippen LogP contribution in [-0.4, -0.2) is 4.99 Å². The van der Waals surface area contributed by atoms with Crippen LogP contribution in [0.5, 0.6) is 0 Å². The SMILES string of the molecule is CCCc1ccccc1Nc1cc(Br)ccc1C(N)=S. The first kappa shape index (κ1) is 15.0. The van der Waals surface area contributed by atoms with Gasteiger partial charge >= 0.3 is 0 Å². The molecule has 2 aromatic carbocycles. The van der Waals surface area contributed by atoms with Gasteiger partial charge < -0.3 is 11.1 Å². The highest BCUT2D eigenvalue weighted by molar-refractivity contribution is 9.10. The number of hydrogen-bond acceptors (Lipinski definition) is 2. The molecule has 0 aliphatic rings. The molecule has 0 bridgehead atoms. The van der Waals surface area contributed by atoms with Crippen LogP contribution >= 0.6 is 28.1 Å². The van der Waals surface area contributed by atoms with E-state index in [0.717, 1.165) is 34.3 Å². The van der Waals surface area contributed by atoms with Crippen molar-refractivity contribution < 1.29 is 0 Å². The molecule has 20 heavy (non-hydrogen) atoms. The van der Waals surface area contributed by atoms with Crippen molar-refractivity contribution >= 4 is 44.5 Å². The molecule has 0 fully saturated rings. The van der Waals surface area contributed by atoms with Gasteiger partial charge in [0.2, 0.25) is 0 Å². The van der Waals surface area contributed by atoms with E-state index in [0.29, 0.717) is 4.99 Å². The Labute approximate surface area is 133 Å². The molecule has 0 saturated carbocycles. The van der Waals surface area contributed by atoms with Crippen LogP contribution in [0.2, 0.25) is 0 Å². The number of nitrogens with one attached hydrogen (secondary N) is 1. The molecule has 2 nitrogen and oxygen atoms in total. The van der Waals surface area contributed by atoms with Crippen molar-refractivity contribution in [3.05, 3.63) is 58.1 Å². The summed E-state index contributed by atoms with van der Waals surface area (Å²) in [6.45, 7) is 2.18. The number of hydrogen-bond donors (Lipinski definition) is 2. The maximum absolute atomic E-state index is 5.79. The molecule has 0 aliphatic heterocycles. The van der Waals surface area contributed by atoms with Gasteiger partial charge in [-0.2, -0.15) is 0 Å². The first-order valence-electron chi connectivity index (χ1n) is 6.56. The van der Waals surface area contributed by atoms with Gasteiger partial charge in [0.1, 0.15) is 4.99 Å². The van der Waals surface area contributed by atoms with Crippen molar-refractivity contribution in [2.45, 2.75) is 19.8 Å². The summed E-state index contributed by atoms with van der Waals surface area (Å²) in [4.78, 5) is 0.396. The minimum atomic E-state index is 0.396. The smallest absolute Gasteiger partial charge is 0.106 e. The molecule has 0 aliphatic carbocycles. The van der Waals surface area contributed by atoms with Crippen LogP contribution in [-0.2, 0) is 6.42 Å². The lowest BCUT2D eigenvalue weighted by molar-refractivity contribution is 0.923. The van der Waals surface area contributed by atoms with Gasteiger partial charge in [-0.25, -0.2) is 0 Å². The Hall–Kier alpha value is -1.39. The molecule has 0 heterocycles. The van der Waals surface area contributed by atoms with Crippen molar-refractivity contribution in [2.75, 3.05) is 5.32 Å². The van der Waals surface area contributed by atoms with Gasteiger partial charge in [0.05, 0.1) is 0 Å². The maximum Gasteiger partial charge on any atom is 0.106 e. The van der Waals surface area contributed by atoms with Crippen molar-refractivity contribution in [3.8, 4) is 0 Å². The molecule has 0 aromatic heterocycles. The van der Waals surface area contributed by atoms with Crippen LogP contribution in [0, 0.1) is 0 Å². The lowest BCUT2D eigenvalue weighted by Gasteiger charge is -2.15. The van der Waals surface area contributed by atoms with Gasteiger partial charge in [0.15, 0.2) is 0 Å². The molecular formula is C16H17BrN2S. The van der Waals surface area contributed by atoms with Crippen LogP contribution in [0.1, 0.15) is 24.5 Å². The highest BCUT2D eigenvalue weighted by atomic mass is 79.9. The van der Waals surface area contributed by atoms with E-state index >= 15 is 0 Å². The third-order valence-electron chi connectivity index (χ3n) is 3.05. The average molecular weight is 349 g/mol. The lowest BCUT2D eigenvalue weighted by Crippen LogP contribution is -2.12. The van der Waals surface area contributed by atoms with Crippen molar-refractivity contribution in [1.82, 2.24) is 0 Å². The van der Waals surface area contributed by atoms with E-state index in [-0.39, 0.29) is 0 Å². The zero-order valence-electron chi connectivity index (χ0n) is 11.3. The zero-order chi connectivity index (χ0) is 14.5. The van der Waals surface area contributed by atoms with Gasteiger partial charge in [-0.15, -0.1) is 0 Å². The second-order valence-corrected chi connectivity index (χ2v) is 5.94. The maximum atomic E-state index is 5.79. The quantitative estimate of drug-likeness (QED) is 0.763. The fraction of sp³-hybridized carbons (Fsp3) is 0.188. The molecule has 0 radical (unpaired) electrons. The van der Waals surface area contributed by atoms with Crippen LogP contribution in [0.15, 0.2) is 46.9 Å². The van der Waals surface area contributed by atoms with Crippen molar-refractivity contribution in [2.24, 2.45) is 5.73 Å². The number of benzene rings is 2. The summed E-state index contributed by atoms with van der Waals surface area (Å²) < 4.78 is 0.993. The van der Waals surface area contributed by atoms with E-state index in [2.05, 4.69) is 46.4 Å². The second kappa shape index (κ2) is 6.86. The molecular weight excluding hydrogens is 332 g/mol. The predicted molar refractivity (Wildman–Crippen MR) is 93.7 cm³/mol. The van der Waals surface area contributed by atoms with E-state index in [9.17, 15) is 0 Å². The Kier molecular flexibility index (Phi) is 5.15. The Balaban J connectivity index is 2.39. The van der Waals surface area contributed by atoms with Crippen molar-refractivity contribution in [3.63, 3.8) is 0 Å². The number of thiocarbonyl (C=S) groups is 1. The van der Waals surface area contributed by atoms with Gasteiger partial charge in [-0.05, 0) is 36.2 Å². The first-order valence-corrected chi connectivity index (χ1v) is 7.76. The number of aryl methyl sites for hydroxylation is 1. The van der Waals surface area contributed by atoms with Crippen LogP contribution in [0.25, 0.3) is 0 Å². The van der Waals surface area contributed by atoms with Crippen LogP contribution < -0.4 is 11.1 Å². The van der Waals surface area contributed by atoms with E-state index in [1.807, 2.05) is 24.3 Å².